The Morgan fingerprint density at radius 3 is 3.00 bits per heavy atom. The Hall–Kier alpha value is -1.41. The lowest BCUT2D eigenvalue weighted by molar-refractivity contribution is 0.0949. The van der Waals surface area contributed by atoms with Crippen molar-refractivity contribution in [1.29, 1.82) is 5.26 Å². The zero-order chi connectivity index (χ0) is 12.0. The first-order valence-corrected chi connectivity index (χ1v) is 5.54. The van der Waals surface area contributed by atoms with Crippen molar-refractivity contribution >= 4 is 21.8 Å². The molecule has 0 fully saturated rings. The zero-order valence-corrected chi connectivity index (χ0v) is 10.1. The number of carbonyl (C=O) groups excluding carboxylic acids is 1. The second-order valence-corrected chi connectivity index (χ2v) is 4.06. The van der Waals surface area contributed by atoms with E-state index in [1.807, 2.05) is 6.07 Å². The van der Waals surface area contributed by atoms with Crippen molar-refractivity contribution in [3.8, 4) is 6.07 Å². The van der Waals surface area contributed by atoms with Crippen molar-refractivity contribution in [3.63, 3.8) is 0 Å². The number of nitrogens with one attached hydrogen (secondary N) is 1. The molecule has 5 heteroatoms. The van der Waals surface area contributed by atoms with Crippen molar-refractivity contribution < 1.29 is 9.18 Å². The summed E-state index contributed by atoms with van der Waals surface area (Å²) < 4.78 is 13.9. The van der Waals surface area contributed by atoms with E-state index in [-0.39, 0.29) is 5.56 Å². The van der Waals surface area contributed by atoms with Crippen LogP contribution in [0, 0.1) is 17.1 Å². The van der Waals surface area contributed by atoms with Crippen LogP contribution in [0.2, 0.25) is 0 Å². The molecule has 0 aliphatic heterocycles. The molecule has 1 amide bonds. The number of hydrogen-bond acceptors (Lipinski definition) is 2. The van der Waals surface area contributed by atoms with E-state index in [9.17, 15) is 9.18 Å². The second kappa shape index (κ2) is 6.23. The predicted molar refractivity (Wildman–Crippen MR) is 61.3 cm³/mol. The van der Waals surface area contributed by atoms with Crippen LogP contribution in [0.5, 0.6) is 0 Å². The largest absolute Gasteiger partial charge is 0.352 e. The second-order valence-electron chi connectivity index (χ2n) is 3.14. The number of rotatable bonds is 4. The van der Waals surface area contributed by atoms with Gasteiger partial charge in [-0.1, -0.05) is 15.9 Å². The highest BCUT2D eigenvalue weighted by Crippen LogP contribution is 2.15. The van der Waals surface area contributed by atoms with Crippen LogP contribution in [0.3, 0.4) is 0 Å². The summed E-state index contributed by atoms with van der Waals surface area (Å²) in [6.45, 7) is 0.373. The lowest BCUT2D eigenvalue weighted by atomic mass is 10.2. The van der Waals surface area contributed by atoms with E-state index in [1.165, 1.54) is 18.2 Å². The molecule has 1 aromatic carbocycles. The molecule has 0 aliphatic carbocycles. The van der Waals surface area contributed by atoms with Crippen molar-refractivity contribution in [2.24, 2.45) is 0 Å². The van der Waals surface area contributed by atoms with Gasteiger partial charge in [0.25, 0.3) is 5.91 Å². The number of nitriles is 1. The average molecular weight is 285 g/mol. The Morgan fingerprint density at radius 2 is 2.31 bits per heavy atom. The Kier molecular flexibility index (Phi) is 4.93. The normalized spacial score (nSPS) is 9.56. The summed E-state index contributed by atoms with van der Waals surface area (Å²) in [5.41, 5.74) is 0.00586. The molecule has 1 N–H and O–H groups in total. The van der Waals surface area contributed by atoms with Crippen LogP contribution >= 0.6 is 15.9 Å². The van der Waals surface area contributed by atoms with E-state index in [0.717, 1.165) is 0 Å². The van der Waals surface area contributed by atoms with Crippen LogP contribution in [0.4, 0.5) is 4.39 Å². The van der Waals surface area contributed by atoms with E-state index in [1.54, 1.807) is 0 Å². The summed E-state index contributed by atoms with van der Waals surface area (Å²) >= 11 is 3.17. The maximum atomic E-state index is 13.3. The number of carbonyl (C=O) groups is 1. The van der Waals surface area contributed by atoms with Crippen molar-refractivity contribution in [1.82, 2.24) is 5.32 Å². The molecule has 16 heavy (non-hydrogen) atoms. The first kappa shape index (κ1) is 12.7. The average Bonchev–Trinajstić information content (AvgIpc) is 2.27. The van der Waals surface area contributed by atoms with Gasteiger partial charge in [0.1, 0.15) is 5.82 Å². The number of hydrogen-bond donors (Lipinski definition) is 1. The third-order valence-electron chi connectivity index (χ3n) is 1.92. The molecule has 1 rings (SSSR count). The smallest absolute Gasteiger partial charge is 0.254 e. The van der Waals surface area contributed by atoms with Gasteiger partial charge in [-0.25, -0.2) is 4.39 Å². The molecule has 3 nitrogen and oxygen atoms in total. The SMILES string of the molecule is N#CCCCNC(=O)c1cc(Br)ccc1F. The lowest BCUT2D eigenvalue weighted by Gasteiger charge is -2.05. The monoisotopic (exact) mass is 284 g/mol. The molecule has 0 radical (unpaired) electrons. The Bertz CT molecular complexity index is 428. The van der Waals surface area contributed by atoms with Crippen LogP contribution in [-0.4, -0.2) is 12.5 Å². The number of benzene rings is 1. The van der Waals surface area contributed by atoms with Gasteiger partial charge in [0, 0.05) is 17.4 Å². The van der Waals surface area contributed by atoms with Crippen LogP contribution < -0.4 is 5.32 Å². The van der Waals surface area contributed by atoms with Gasteiger partial charge in [-0.2, -0.15) is 5.26 Å². The maximum absolute atomic E-state index is 13.3. The van der Waals surface area contributed by atoms with Crippen molar-refractivity contribution in [2.45, 2.75) is 12.8 Å². The Labute approximate surface area is 101 Å². The highest BCUT2D eigenvalue weighted by molar-refractivity contribution is 9.10. The minimum atomic E-state index is -0.555. The number of halogens is 2. The summed E-state index contributed by atoms with van der Waals surface area (Å²) in [5.74, 6) is -1.02. The Morgan fingerprint density at radius 1 is 1.56 bits per heavy atom. The van der Waals surface area contributed by atoms with E-state index < -0.39 is 11.7 Å². The fourth-order valence-corrected chi connectivity index (χ4v) is 1.50. The molecule has 1 aromatic rings. The van der Waals surface area contributed by atoms with E-state index in [2.05, 4.69) is 21.2 Å². The molecule has 0 heterocycles. The van der Waals surface area contributed by atoms with Crippen LogP contribution in [-0.2, 0) is 0 Å². The van der Waals surface area contributed by atoms with Crippen LogP contribution in [0.1, 0.15) is 23.2 Å². The first-order chi connectivity index (χ1) is 7.65. The summed E-state index contributed by atoms with van der Waals surface area (Å²) in [6.07, 6.45) is 0.944. The third-order valence-corrected chi connectivity index (χ3v) is 2.42. The van der Waals surface area contributed by atoms with Gasteiger partial charge in [0.2, 0.25) is 0 Å². The molecule has 0 aliphatic rings. The Balaban J connectivity index is 2.59. The third kappa shape index (κ3) is 3.63. The summed E-state index contributed by atoms with van der Waals surface area (Å²) in [7, 11) is 0. The summed E-state index contributed by atoms with van der Waals surface area (Å²) in [4.78, 5) is 11.5. The van der Waals surface area contributed by atoms with Crippen LogP contribution in [0.25, 0.3) is 0 Å². The van der Waals surface area contributed by atoms with Crippen molar-refractivity contribution in [3.05, 3.63) is 34.1 Å². The maximum Gasteiger partial charge on any atom is 0.254 e. The predicted octanol–water partition coefficient (Wildman–Crippen LogP) is 2.62. The molecule has 0 spiro atoms. The minimum absolute atomic E-state index is 0.00586. The quantitative estimate of drug-likeness (QED) is 0.864. The summed E-state index contributed by atoms with van der Waals surface area (Å²) in [5, 5.41) is 10.9. The number of amides is 1. The molecule has 0 saturated heterocycles. The van der Waals surface area contributed by atoms with Gasteiger partial charge in [0.15, 0.2) is 0 Å². The summed E-state index contributed by atoms with van der Waals surface area (Å²) in [6, 6.07) is 6.15. The van der Waals surface area contributed by atoms with E-state index in [4.69, 9.17) is 5.26 Å². The number of unbranched alkanes of at least 4 members (excludes halogenated alkanes) is 1. The highest BCUT2D eigenvalue weighted by Gasteiger charge is 2.11. The van der Waals surface area contributed by atoms with E-state index in [0.29, 0.717) is 23.9 Å². The molecule has 84 valence electrons. The standard InChI is InChI=1S/C11H10BrFN2O/c12-8-3-4-10(13)9(7-8)11(16)15-6-2-1-5-14/h3-4,7H,1-2,6H2,(H,15,16). The van der Waals surface area contributed by atoms with Gasteiger partial charge in [-0.15, -0.1) is 0 Å². The number of nitrogens with zero attached hydrogens (tertiary/aromatic N) is 1. The molecule has 0 saturated carbocycles. The molecular weight excluding hydrogens is 275 g/mol. The fraction of sp³-hybridized carbons (Fsp3) is 0.273. The minimum Gasteiger partial charge on any atom is -0.352 e. The van der Waals surface area contributed by atoms with Gasteiger partial charge in [-0.05, 0) is 24.6 Å². The highest BCUT2D eigenvalue weighted by atomic mass is 79.9. The van der Waals surface area contributed by atoms with Gasteiger partial charge < -0.3 is 5.32 Å². The molecule has 0 atom stereocenters. The van der Waals surface area contributed by atoms with Crippen molar-refractivity contribution in [2.75, 3.05) is 6.54 Å². The van der Waals surface area contributed by atoms with Gasteiger partial charge in [0.05, 0.1) is 11.6 Å². The molecular formula is C11H10BrFN2O. The fourth-order valence-electron chi connectivity index (χ4n) is 1.14. The van der Waals surface area contributed by atoms with Crippen LogP contribution in [0.15, 0.2) is 22.7 Å². The van der Waals surface area contributed by atoms with Gasteiger partial charge >= 0.3 is 0 Å². The van der Waals surface area contributed by atoms with Gasteiger partial charge in [-0.3, -0.25) is 4.79 Å². The van der Waals surface area contributed by atoms with E-state index >= 15 is 0 Å². The lowest BCUT2D eigenvalue weighted by Crippen LogP contribution is -2.25. The molecule has 0 aromatic heterocycles. The first-order valence-electron chi connectivity index (χ1n) is 4.75. The molecule has 0 unspecified atom stereocenters. The zero-order valence-electron chi connectivity index (χ0n) is 8.46. The molecule has 0 bridgehead atoms. The topological polar surface area (TPSA) is 52.9 Å².